The van der Waals surface area contributed by atoms with Crippen molar-refractivity contribution in [3.63, 3.8) is 0 Å². The summed E-state index contributed by atoms with van der Waals surface area (Å²) >= 11 is 3.52. The molecule has 2 rings (SSSR count). The highest BCUT2D eigenvalue weighted by atomic mass is 32.2. The van der Waals surface area contributed by atoms with Crippen molar-refractivity contribution in [1.82, 2.24) is 10.0 Å². The van der Waals surface area contributed by atoms with Crippen molar-refractivity contribution in [2.75, 3.05) is 24.6 Å². The van der Waals surface area contributed by atoms with E-state index in [4.69, 9.17) is 0 Å². The highest BCUT2D eigenvalue weighted by molar-refractivity contribution is 7.99. The van der Waals surface area contributed by atoms with E-state index in [0.717, 1.165) is 47.2 Å². The maximum atomic E-state index is 12.5. The summed E-state index contributed by atoms with van der Waals surface area (Å²) in [6.07, 6.45) is 2.23. The van der Waals surface area contributed by atoms with Gasteiger partial charge in [0.15, 0.2) is 0 Å². The molecule has 2 N–H and O–H groups in total. The fraction of sp³-hybridized carbons (Fsp3) is 0.714. The molecule has 1 aromatic rings. The highest BCUT2D eigenvalue weighted by Gasteiger charge is 2.22. The summed E-state index contributed by atoms with van der Waals surface area (Å²) in [4.78, 5) is 2.39. The first-order chi connectivity index (χ1) is 10.0. The van der Waals surface area contributed by atoms with E-state index in [1.165, 1.54) is 0 Å². The smallest absolute Gasteiger partial charge is 0.241 e. The van der Waals surface area contributed by atoms with Crippen molar-refractivity contribution >= 4 is 33.1 Å². The number of thioether (sulfide) groups is 1. The second-order valence-electron chi connectivity index (χ2n) is 5.32. The maximum absolute atomic E-state index is 12.5. The molecular weight excluding hydrogens is 324 g/mol. The number of rotatable bonds is 7. The number of nitrogens with one attached hydrogen (secondary N) is 2. The summed E-state index contributed by atoms with van der Waals surface area (Å²) in [6.45, 7) is 6.11. The number of hydrogen-bond acceptors (Lipinski definition) is 5. The SMILES string of the molecule is CCNCc1cc(S(=O)(=O)NCC2CCSCC2)c(C)s1. The third kappa shape index (κ3) is 4.96. The van der Waals surface area contributed by atoms with Crippen molar-refractivity contribution in [3.05, 3.63) is 15.8 Å². The molecule has 0 radical (unpaired) electrons. The van der Waals surface area contributed by atoms with Crippen LogP contribution in [0, 0.1) is 12.8 Å². The van der Waals surface area contributed by atoms with Gasteiger partial charge in [-0.2, -0.15) is 11.8 Å². The molecule has 0 amide bonds. The topological polar surface area (TPSA) is 58.2 Å². The molecule has 0 unspecified atom stereocenters. The quantitative estimate of drug-likeness (QED) is 0.795. The summed E-state index contributed by atoms with van der Waals surface area (Å²) in [7, 11) is -3.37. The van der Waals surface area contributed by atoms with Crippen LogP contribution in [0.5, 0.6) is 0 Å². The Morgan fingerprint density at radius 1 is 1.33 bits per heavy atom. The second kappa shape index (κ2) is 7.97. The molecule has 0 aliphatic carbocycles. The predicted molar refractivity (Wildman–Crippen MR) is 91.7 cm³/mol. The Labute approximate surface area is 136 Å². The van der Waals surface area contributed by atoms with E-state index in [2.05, 4.69) is 10.0 Å². The summed E-state index contributed by atoms with van der Waals surface area (Å²) < 4.78 is 27.7. The molecule has 0 aromatic carbocycles. The number of aryl methyl sites for hydroxylation is 1. The summed E-state index contributed by atoms with van der Waals surface area (Å²) in [6, 6.07) is 1.81. The molecule has 0 bridgehead atoms. The van der Waals surface area contributed by atoms with E-state index in [0.29, 0.717) is 17.4 Å². The monoisotopic (exact) mass is 348 g/mol. The van der Waals surface area contributed by atoms with E-state index in [9.17, 15) is 8.42 Å². The lowest BCUT2D eigenvalue weighted by atomic mass is 10.0. The van der Waals surface area contributed by atoms with E-state index in [-0.39, 0.29) is 0 Å². The third-order valence-electron chi connectivity index (χ3n) is 3.66. The Morgan fingerprint density at radius 2 is 2.05 bits per heavy atom. The van der Waals surface area contributed by atoms with E-state index < -0.39 is 10.0 Å². The normalized spacial score (nSPS) is 17.2. The lowest BCUT2D eigenvalue weighted by molar-refractivity contribution is 0.476. The fourth-order valence-corrected chi connectivity index (χ4v) is 6.31. The molecule has 4 nitrogen and oxygen atoms in total. The molecule has 2 heterocycles. The average molecular weight is 349 g/mol. The fourth-order valence-electron chi connectivity index (χ4n) is 2.38. The van der Waals surface area contributed by atoms with Crippen LogP contribution >= 0.6 is 23.1 Å². The molecule has 21 heavy (non-hydrogen) atoms. The third-order valence-corrected chi connectivity index (χ3v) is 7.44. The molecule has 0 saturated carbocycles. The Morgan fingerprint density at radius 3 is 2.71 bits per heavy atom. The maximum Gasteiger partial charge on any atom is 0.241 e. The zero-order valence-corrected chi connectivity index (χ0v) is 15.1. The van der Waals surface area contributed by atoms with E-state index >= 15 is 0 Å². The predicted octanol–water partition coefficient (Wildman–Crippen LogP) is 2.59. The van der Waals surface area contributed by atoms with Gasteiger partial charge in [0.25, 0.3) is 0 Å². The van der Waals surface area contributed by atoms with Gasteiger partial charge < -0.3 is 5.32 Å². The van der Waals surface area contributed by atoms with Gasteiger partial charge >= 0.3 is 0 Å². The minimum atomic E-state index is -3.37. The van der Waals surface area contributed by atoms with Crippen LogP contribution in [0.4, 0.5) is 0 Å². The molecule has 1 fully saturated rings. The van der Waals surface area contributed by atoms with Crippen LogP contribution in [0.25, 0.3) is 0 Å². The van der Waals surface area contributed by atoms with Crippen LogP contribution in [0.3, 0.4) is 0 Å². The van der Waals surface area contributed by atoms with Gasteiger partial charge in [-0.15, -0.1) is 11.3 Å². The Balaban J connectivity index is 1.99. The molecular formula is C14H24N2O2S3. The molecule has 0 atom stereocenters. The first-order valence-corrected chi connectivity index (χ1v) is 10.9. The summed E-state index contributed by atoms with van der Waals surface area (Å²) in [5.41, 5.74) is 0. The molecule has 1 aliphatic rings. The van der Waals surface area contributed by atoms with Gasteiger partial charge in [-0.05, 0) is 49.8 Å². The van der Waals surface area contributed by atoms with E-state index in [1.807, 2.05) is 31.7 Å². The lowest BCUT2D eigenvalue weighted by Crippen LogP contribution is -2.31. The summed E-state index contributed by atoms with van der Waals surface area (Å²) in [5, 5.41) is 3.23. The van der Waals surface area contributed by atoms with Gasteiger partial charge in [0.2, 0.25) is 10.0 Å². The van der Waals surface area contributed by atoms with Gasteiger partial charge in [-0.1, -0.05) is 6.92 Å². The summed E-state index contributed by atoms with van der Waals surface area (Å²) in [5.74, 6) is 2.79. The van der Waals surface area contributed by atoms with Gasteiger partial charge in [0, 0.05) is 22.8 Å². The van der Waals surface area contributed by atoms with Crippen molar-refractivity contribution in [1.29, 1.82) is 0 Å². The minimum absolute atomic E-state index is 0.450. The zero-order valence-electron chi connectivity index (χ0n) is 12.6. The number of thiophene rings is 1. The molecule has 7 heteroatoms. The van der Waals surface area contributed by atoms with Crippen LogP contribution in [0.1, 0.15) is 29.5 Å². The number of hydrogen-bond donors (Lipinski definition) is 2. The molecule has 0 spiro atoms. The van der Waals surface area contributed by atoms with Gasteiger partial charge in [0.1, 0.15) is 0 Å². The Bertz CT molecular complexity index is 549. The average Bonchev–Trinajstić information content (AvgIpc) is 2.86. The molecule has 1 saturated heterocycles. The van der Waals surface area contributed by atoms with Crippen LogP contribution in [-0.2, 0) is 16.6 Å². The molecule has 1 aromatic heterocycles. The first-order valence-electron chi connectivity index (χ1n) is 7.40. The van der Waals surface area contributed by atoms with E-state index in [1.54, 1.807) is 11.3 Å². The zero-order chi connectivity index (χ0) is 15.3. The molecule has 1 aliphatic heterocycles. The van der Waals surface area contributed by atoms with Gasteiger partial charge in [-0.3, -0.25) is 0 Å². The first kappa shape index (κ1) is 17.3. The second-order valence-corrected chi connectivity index (χ2v) is 9.62. The van der Waals surface area contributed by atoms with Crippen molar-refractivity contribution in [2.45, 2.75) is 38.1 Å². The lowest BCUT2D eigenvalue weighted by Gasteiger charge is -2.21. The highest BCUT2D eigenvalue weighted by Crippen LogP contribution is 2.26. The van der Waals surface area contributed by atoms with Crippen LogP contribution in [0.2, 0.25) is 0 Å². The van der Waals surface area contributed by atoms with Crippen molar-refractivity contribution < 1.29 is 8.42 Å². The van der Waals surface area contributed by atoms with Crippen molar-refractivity contribution in [3.8, 4) is 0 Å². The number of sulfonamides is 1. The van der Waals surface area contributed by atoms with Crippen molar-refractivity contribution in [2.24, 2.45) is 5.92 Å². The van der Waals surface area contributed by atoms with Crippen LogP contribution in [0.15, 0.2) is 11.0 Å². The molecule has 120 valence electrons. The Hall–Kier alpha value is -0.0800. The Kier molecular flexibility index (Phi) is 6.55. The van der Waals surface area contributed by atoms with Gasteiger partial charge in [0.05, 0.1) is 4.90 Å². The van der Waals surface area contributed by atoms with Crippen LogP contribution in [-0.4, -0.2) is 33.0 Å². The van der Waals surface area contributed by atoms with Crippen LogP contribution < -0.4 is 10.0 Å². The van der Waals surface area contributed by atoms with Gasteiger partial charge in [-0.25, -0.2) is 13.1 Å². The largest absolute Gasteiger partial charge is 0.312 e. The minimum Gasteiger partial charge on any atom is -0.312 e. The standard InChI is InChI=1S/C14H24N2O2S3/c1-3-15-10-13-8-14(11(2)20-13)21(17,18)16-9-12-4-6-19-7-5-12/h8,12,15-16H,3-7,9-10H2,1-2H3.